The lowest BCUT2D eigenvalue weighted by Gasteiger charge is -2.34. The molecule has 1 aliphatic carbocycles. The summed E-state index contributed by atoms with van der Waals surface area (Å²) < 4.78 is 26.3. The Morgan fingerprint density at radius 2 is 2.10 bits per heavy atom. The maximum atomic E-state index is 12.4. The van der Waals surface area contributed by atoms with E-state index in [2.05, 4.69) is 22.4 Å². The van der Waals surface area contributed by atoms with Gasteiger partial charge in [-0.25, -0.2) is 8.42 Å². The first-order valence-electron chi connectivity index (χ1n) is 7.26. The Kier molecular flexibility index (Phi) is 5.17. The summed E-state index contributed by atoms with van der Waals surface area (Å²) in [6.07, 6.45) is 7.82. The molecule has 2 N–H and O–H groups in total. The first-order valence-corrected chi connectivity index (χ1v) is 8.70. The van der Waals surface area contributed by atoms with Crippen molar-refractivity contribution in [3.63, 3.8) is 0 Å². The fourth-order valence-corrected chi connectivity index (χ4v) is 4.06. The Labute approximate surface area is 121 Å². The summed E-state index contributed by atoms with van der Waals surface area (Å²) in [4.78, 5) is 0.242. The molecule has 20 heavy (non-hydrogen) atoms. The Bertz CT molecular complexity index is 492. The van der Waals surface area contributed by atoms with Crippen molar-refractivity contribution in [2.75, 3.05) is 13.6 Å². The van der Waals surface area contributed by atoms with Gasteiger partial charge < -0.3 is 5.32 Å². The van der Waals surface area contributed by atoms with Crippen LogP contribution < -0.4 is 5.32 Å². The van der Waals surface area contributed by atoms with Gasteiger partial charge in [0.05, 0.1) is 6.20 Å². The number of aromatic amines is 1. The smallest absolute Gasteiger partial charge is 0.246 e. The van der Waals surface area contributed by atoms with Gasteiger partial charge in [-0.3, -0.25) is 5.10 Å². The number of hydrogen-bond acceptors (Lipinski definition) is 4. The van der Waals surface area contributed by atoms with Gasteiger partial charge in [0, 0.05) is 25.3 Å². The number of rotatable bonds is 6. The highest BCUT2D eigenvalue weighted by atomic mass is 32.2. The van der Waals surface area contributed by atoms with Crippen LogP contribution in [0.25, 0.3) is 0 Å². The molecule has 1 aromatic heterocycles. The van der Waals surface area contributed by atoms with E-state index in [-0.39, 0.29) is 10.9 Å². The van der Waals surface area contributed by atoms with Crippen LogP contribution in [-0.4, -0.2) is 48.6 Å². The summed E-state index contributed by atoms with van der Waals surface area (Å²) in [6, 6.07) is 0.630. The molecule has 1 heterocycles. The van der Waals surface area contributed by atoms with E-state index in [9.17, 15) is 8.42 Å². The second kappa shape index (κ2) is 6.69. The quantitative estimate of drug-likeness (QED) is 0.831. The molecule has 0 bridgehead atoms. The van der Waals surface area contributed by atoms with Crippen molar-refractivity contribution < 1.29 is 8.42 Å². The van der Waals surface area contributed by atoms with Crippen molar-refractivity contribution in [1.82, 2.24) is 19.8 Å². The van der Waals surface area contributed by atoms with E-state index in [1.165, 1.54) is 16.7 Å². The molecule has 0 saturated heterocycles. The summed E-state index contributed by atoms with van der Waals surface area (Å²) in [5.41, 5.74) is 0. The van der Waals surface area contributed by atoms with Crippen LogP contribution in [0.15, 0.2) is 17.3 Å². The van der Waals surface area contributed by atoms with Gasteiger partial charge in [-0.1, -0.05) is 6.92 Å². The predicted molar refractivity (Wildman–Crippen MR) is 77.9 cm³/mol. The summed E-state index contributed by atoms with van der Waals surface area (Å²) in [5, 5.41) is 9.79. The minimum absolute atomic E-state index is 0.0922. The number of nitrogens with zero attached hydrogens (tertiary/aromatic N) is 2. The zero-order valence-electron chi connectivity index (χ0n) is 12.2. The van der Waals surface area contributed by atoms with E-state index in [4.69, 9.17) is 0 Å². The second-order valence-corrected chi connectivity index (χ2v) is 7.41. The Morgan fingerprint density at radius 3 is 2.65 bits per heavy atom. The van der Waals surface area contributed by atoms with Gasteiger partial charge in [0.15, 0.2) is 0 Å². The van der Waals surface area contributed by atoms with Gasteiger partial charge >= 0.3 is 0 Å². The molecule has 6 nitrogen and oxygen atoms in total. The van der Waals surface area contributed by atoms with Crippen LogP contribution in [0, 0.1) is 0 Å². The average Bonchev–Trinajstić information content (AvgIpc) is 3.00. The van der Waals surface area contributed by atoms with Crippen LogP contribution in [0.1, 0.15) is 39.0 Å². The molecule has 0 amide bonds. The third-order valence-corrected chi connectivity index (χ3v) is 5.92. The lowest BCUT2D eigenvalue weighted by molar-refractivity contribution is 0.249. The topological polar surface area (TPSA) is 78.1 Å². The van der Waals surface area contributed by atoms with E-state index in [1.807, 2.05) is 0 Å². The average molecular weight is 300 g/mol. The summed E-state index contributed by atoms with van der Waals surface area (Å²) in [5.74, 6) is 0. The molecule has 1 aliphatic rings. The van der Waals surface area contributed by atoms with Crippen molar-refractivity contribution >= 4 is 10.0 Å². The van der Waals surface area contributed by atoms with Crippen LogP contribution >= 0.6 is 0 Å². The van der Waals surface area contributed by atoms with E-state index in [0.717, 1.165) is 38.6 Å². The fraction of sp³-hybridized carbons (Fsp3) is 0.769. The van der Waals surface area contributed by atoms with Gasteiger partial charge in [-0.15, -0.1) is 0 Å². The number of sulfonamides is 1. The van der Waals surface area contributed by atoms with E-state index in [0.29, 0.717) is 6.04 Å². The van der Waals surface area contributed by atoms with Gasteiger partial charge in [0.25, 0.3) is 0 Å². The standard InChI is InChI=1S/C13H24N4O2S/c1-3-8-14-11-4-6-12(7-5-11)17(2)20(18,19)13-9-15-16-10-13/h9-12,14H,3-8H2,1-2H3,(H,15,16). The fourth-order valence-electron chi connectivity index (χ4n) is 2.73. The highest BCUT2D eigenvalue weighted by molar-refractivity contribution is 7.89. The predicted octanol–water partition coefficient (Wildman–Crippen LogP) is 1.34. The Morgan fingerprint density at radius 1 is 1.40 bits per heavy atom. The van der Waals surface area contributed by atoms with Gasteiger partial charge in [0.1, 0.15) is 4.90 Å². The Balaban J connectivity index is 1.93. The molecule has 1 saturated carbocycles. The largest absolute Gasteiger partial charge is 0.314 e. The zero-order chi connectivity index (χ0) is 14.6. The molecule has 0 unspecified atom stereocenters. The van der Waals surface area contributed by atoms with Crippen LogP contribution in [0.5, 0.6) is 0 Å². The first kappa shape index (κ1) is 15.5. The van der Waals surface area contributed by atoms with Crippen molar-refractivity contribution in [2.45, 2.75) is 56.0 Å². The lowest BCUT2D eigenvalue weighted by atomic mass is 9.91. The minimum Gasteiger partial charge on any atom is -0.314 e. The van der Waals surface area contributed by atoms with Crippen LogP contribution in [0.3, 0.4) is 0 Å². The molecular formula is C13H24N4O2S. The van der Waals surface area contributed by atoms with Crippen molar-refractivity contribution in [3.8, 4) is 0 Å². The van der Waals surface area contributed by atoms with Crippen LogP contribution in [0.2, 0.25) is 0 Å². The second-order valence-electron chi connectivity index (χ2n) is 5.41. The molecule has 2 rings (SSSR count). The maximum Gasteiger partial charge on any atom is 0.246 e. The third-order valence-electron chi connectivity index (χ3n) is 4.04. The van der Waals surface area contributed by atoms with Crippen molar-refractivity contribution in [1.29, 1.82) is 0 Å². The van der Waals surface area contributed by atoms with E-state index in [1.54, 1.807) is 7.05 Å². The van der Waals surface area contributed by atoms with Gasteiger partial charge in [-0.05, 0) is 38.6 Å². The van der Waals surface area contributed by atoms with Gasteiger partial charge in [-0.2, -0.15) is 9.40 Å². The minimum atomic E-state index is -3.41. The molecule has 1 fully saturated rings. The summed E-state index contributed by atoms with van der Waals surface area (Å²) >= 11 is 0. The molecule has 7 heteroatoms. The maximum absolute atomic E-state index is 12.4. The molecular weight excluding hydrogens is 276 g/mol. The molecule has 0 radical (unpaired) electrons. The zero-order valence-corrected chi connectivity index (χ0v) is 13.0. The van der Waals surface area contributed by atoms with Gasteiger partial charge in [0.2, 0.25) is 10.0 Å². The lowest BCUT2D eigenvalue weighted by Crippen LogP contribution is -2.43. The highest BCUT2D eigenvalue weighted by Crippen LogP contribution is 2.26. The van der Waals surface area contributed by atoms with E-state index < -0.39 is 10.0 Å². The third kappa shape index (κ3) is 3.39. The first-order chi connectivity index (χ1) is 9.55. The molecule has 0 spiro atoms. The molecule has 0 aromatic carbocycles. The van der Waals surface area contributed by atoms with Crippen molar-refractivity contribution in [3.05, 3.63) is 12.4 Å². The molecule has 114 valence electrons. The SMILES string of the molecule is CCCNC1CCC(N(C)S(=O)(=O)c2cn[nH]c2)CC1. The van der Waals surface area contributed by atoms with E-state index >= 15 is 0 Å². The molecule has 0 aliphatic heterocycles. The molecule has 1 aromatic rings. The summed E-state index contributed by atoms with van der Waals surface area (Å²) in [6.45, 7) is 3.20. The number of hydrogen-bond donors (Lipinski definition) is 2. The number of nitrogens with one attached hydrogen (secondary N) is 2. The monoisotopic (exact) mass is 300 g/mol. The van der Waals surface area contributed by atoms with Crippen molar-refractivity contribution in [2.24, 2.45) is 0 Å². The summed E-state index contributed by atoms with van der Waals surface area (Å²) in [7, 11) is -1.74. The molecule has 0 atom stereocenters. The Hall–Kier alpha value is -0.920. The van der Waals surface area contributed by atoms with Crippen LogP contribution in [0.4, 0.5) is 0 Å². The number of H-pyrrole nitrogens is 1. The normalized spacial score (nSPS) is 24.1. The highest BCUT2D eigenvalue weighted by Gasteiger charge is 2.31. The number of aromatic nitrogens is 2. The van der Waals surface area contributed by atoms with Crippen LogP contribution in [-0.2, 0) is 10.0 Å².